The second kappa shape index (κ2) is 6.45. The highest BCUT2D eigenvalue weighted by Gasteiger charge is 2.23. The number of nitrogens with zero attached hydrogens (tertiary/aromatic N) is 2. The van der Waals surface area contributed by atoms with Crippen LogP contribution in [0.2, 0.25) is 0 Å². The van der Waals surface area contributed by atoms with Gasteiger partial charge in [0.2, 0.25) is 0 Å². The Morgan fingerprint density at radius 1 is 1.10 bits per heavy atom. The van der Waals surface area contributed by atoms with Crippen molar-refractivity contribution in [3.63, 3.8) is 0 Å². The molecule has 110 valence electrons. The number of carboxylic acids is 1. The van der Waals surface area contributed by atoms with Gasteiger partial charge in [0.15, 0.2) is 0 Å². The second-order valence-corrected chi connectivity index (χ2v) is 5.32. The Bertz CT molecular complexity index is 527. The van der Waals surface area contributed by atoms with Gasteiger partial charge in [0.05, 0.1) is 17.1 Å². The summed E-state index contributed by atoms with van der Waals surface area (Å²) in [5.41, 5.74) is 2.11. The Morgan fingerprint density at radius 3 is 2.15 bits per heavy atom. The van der Waals surface area contributed by atoms with Crippen LogP contribution in [-0.4, -0.2) is 33.0 Å². The van der Waals surface area contributed by atoms with E-state index in [1.807, 2.05) is 20.8 Å². The topological polar surface area (TPSA) is 92.2 Å². The van der Waals surface area contributed by atoms with Crippen LogP contribution in [0.3, 0.4) is 0 Å². The second-order valence-electron chi connectivity index (χ2n) is 5.32. The smallest absolute Gasteiger partial charge is 0.326 e. The van der Waals surface area contributed by atoms with Crippen LogP contribution in [0.5, 0.6) is 0 Å². The SMILES string of the molecule is Cc1nc(C)c(C(=O)NC(CC(C)C)C(=O)O)nc1C. The summed E-state index contributed by atoms with van der Waals surface area (Å²) in [6, 6.07) is -0.912. The lowest BCUT2D eigenvalue weighted by Crippen LogP contribution is -2.42. The third-order valence-electron chi connectivity index (χ3n) is 3.01. The molecule has 0 spiro atoms. The van der Waals surface area contributed by atoms with Crippen molar-refractivity contribution in [3.05, 3.63) is 22.8 Å². The summed E-state index contributed by atoms with van der Waals surface area (Å²) in [5, 5.41) is 11.6. The summed E-state index contributed by atoms with van der Waals surface area (Å²) in [7, 11) is 0. The van der Waals surface area contributed by atoms with E-state index in [0.29, 0.717) is 17.8 Å². The summed E-state index contributed by atoms with van der Waals surface area (Å²) in [6.45, 7) is 9.08. The normalized spacial score (nSPS) is 12.3. The molecule has 1 rings (SSSR count). The summed E-state index contributed by atoms with van der Waals surface area (Å²) in [4.78, 5) is 31.7. The monoisotopic (exact) mass is 279 g/mol. The molecule has 1 aromatic rings. The Balaban J connectivity index is 2.95. The minimum absolute atomic E-state index is 0.170. The standard InChI is InChI=1S/C14H21N3O3/c1-7(2)6-11(14(19)20)17-13(18)12-10(5)15-8(3)9(4)16-12/h7,11H,6H2,1-5H3,(H,17,18)(H,19,20). The van der Waals surface area contributed by atoms with E-state index in [9.17, 15) is 9.59 Å². The van der Waals surface area contributed by atoms with Gasteiger partial charge in [-0.25, -0.2) is 9.78 Å². The molecule has 0 bridgehead atoms. The van der Waals surface area contributed by atoms with Gasteiger partial charge >= 0.3 is 5.97 Å². The van der Waals surface area contributed by atoms with E-state index in [-0.39, 0.29) is 11.6 Å². The predicted molar refractivity (Wildman–Crippen MR) is 74.6 cm³/mol. The number of amides is 1. The predicted octanol–water partition coefficient (Wildman–Crippen LogP) is 1.63. The number of hydrogen-bond acceptors (Lipinski definition) is 4. The minimum Gasteiger partial charge on any atom is -0.480 e. The number of aryl methyl sites for hydroxylation is 3. The Labute approximate surface area is 118 Å². The van der Waals surface area contributed by atoms with Crippen LogP contribution in [0.1, 0.15) is 47.8 Å². The number of rotatable bonds is 5. The first-order valence-corrected chi connectivity index (χ1v) is 6.57. The van der Waals surface area contributed by atoms with E-state index in [4.69, 9.17) is 5.11 Å². The van der Waals surface area contributed by atoms with Crippen molar-refractivity contribution in [2.24, 2.45) is 5.92 Å². The van der Waals surface area contributed by atoms with Crippen molar-refractivity contribution in [2.75, 3.05) is 0 Å². The molecule has 2 N–H and O–H groups in total. The maximum absolute atomic E-state index is 12.1. The molecule has 20 heavy (non-hydrogen) atoms. The summed E-state index contributed by atoms with van der Waals surface area (Å²) in [5.74, 6) is -1.36. The van der Waals surface area contributed by atoms with E-state index >= 15 is 0 Å². The minimum atomic E-state index is -1.04. The summed E-state index contributed by atoms with van der Waals surface area (Å²) in [6.07, 6.45) is 0.373. The first-order valence-electron chi connectivity index (χ1n) is 6.57. The highest BCUT2D eigenvalue weighted by Crippen LogP contribution is 2.09. The van der Waals surface area contributed by atoms with Crippen LogP contribution < -0.4 is 5.32 Å². The molecule has 1 atom stereocenters. The number of hydrogen-bond donors (Lipinski definition) is 2. The maximum atomic E-state index is 12.1. The Morgan fingerprint density at radius 2 is 1.65 bits per heavy atom. The van der Waals surface area contributed by atoms with Gasteiger partial charge in [-0.3, -0.25) is 9.78 Å². The average molecular weight is 279 g/mol. The van der Waals surface area contributed by atoms with E-state index in [2.05, 4.69) is 15.3 Å². The molecule has 1 unspecified atom stereocenters. The van der Waals surface area contributed by atoms with Crippen molar-refractivity contribution in [1.29, 1.82) is 0 Å². The fourth-order valence-electron chi connectivity index (χ4n) is 1.85. The van der Waals surface area contributed by atoms with Crippen LogP contribution in [-0.2, 0) is 4.79 Å². The number of carbonyl (C=O) groups excluding carboxylic acids is 1. The quantitative estimate of drug-likeness (QED) is 0.854. The fourth-order valence-corrected chi connectivity index (χ4v) is 1.85. The van der Waals surface area contributed by atoms with Crippen LogP contribution >= 0.6 is 0 Å². The fraction of sp³-hybridized carbons (Fsp3) is 0.571. The van der Waals surface area contributed by atoms with Crippen LogP contribution in [0.4, 0.5) is 0 Å². The average Bonchev–Trinajstić information content (AvgIpc) is 2.32. The van der Waals surface area contributed by atoms with Gasteiger partial charge in [0.1, 0.15) is 11.7 Å². The zero-order valence-corrected chi connectivity index (χ0v) is 12.5. The number of carboxylic acid groups (broad SMARTS) is 1. The lowest BCUT2D eigenvalue weighted by Gasteiger charge is -2.17. The molecular weight excluding hydrogens is 258 g/mol. The Kier molecular flexibility index (Phi) is 5.19. The van der Waals surface area contributed by atoms with E-state index < -0.39 is 17.9 Å². The molecule has 0 aliphatic rings. The number of carbonyl (C=O) groups is 2. The van der Waals surface area contributed by atoms with Crippen LogP contribution in [0.25, 0.3) is 0 Å². The largest absolute Gasteiger partial charge is 0.480 e. The lowest BCUT2D eigenvalue weighted by atomic mass is 10.0. The molecule has 0 saturated heterocycles. The number of aliphatic carboxylic acids is 1. The molecule has 0 fully saturated rings. The first-order chi connectivity index (χ1) is 9.22. The van der Waals surface area contributed by atoms with Gasteiger partial charge in [0.25, 0.3) is 5.91 Å². The van der Waals surface area contributed by atoms with E-state index in [1.54, 1.807) is 13.8 Å². The summed E-state index contributed by atoms with van der Waals surface area (Å²) < 4.78 is 0. The van der Waals surface area contributed by atoms with Crippen molar-refractivity contribution in [1.82, 2.24) is 15.3 Å². The van der Waals surface area contributed by atoms with Gasteiger partial charge in [0, 0.05) is 0 Å². The molecule has 0 aromatic carbocycles. The molecule has 1 amide bonds. The lowest BCUT2D eigenvalue weighted by molar-refractivity contribution is -0.139. The highest BCUT2D eigenvalue weighted by molar-refractivity contribution is 5.95. The van der Waals surface area contributed by atoms with Gasteiger partial charge < -0.3 is 10.4 Å². The van der Waals surface area contributed by atoms with Crippen LogP contribution in [0, 0.1) is 26.7 Å². The molecular formula is C14H21N3O3. The first kappa shape index (κ1) is 16.1. The molecule has 1 aromatic heterocycles. The molecule has 0 radical (unpaired) electrons. The highest BCUT2D eigenvalue weighted by atomic mass is 16.4. The molecule has 0 aliphatic carbocycles. The molecule has 0 saturated carbocycles. The van der Waals surface area contributed by atoms with Gasteiger partial charge in [-0.2, -0.15) is 0 Å². The summed E-state index contributed by atoms with van der Waals surface area (Å²) >= 11 is 0. The van der Waals surface area contributed by atoms with Crippen molar-refractivity contribution in [3.8, 4) is 0 Å². The molecule has 0 aliphatic heterocycles. The number of aromatic nitrogens is 2. The molecule has 6 nitrogen and oxygen atoms in total. The molecule has 6 heteroatoms. The van der Waals surface area contributed by atoms with Crippen LogP contribution in [0.15, 0.2) is 0 Å². The van der Waals surface area contributed by atoms with Gasteiger partial charge in [-0.05, 0) is 33.1 Å². The van der Waals surface area contributed by atoms with E-state index in [0.717, 1.165) is 5.69 Å². The zero-order chi connectivity index (χ0) is 15.4. The van der Waals surface area contributed by atoms with Crippen molar-refractivity contribution < 1.29 is 14.7 Å². The van der Waals surface area contributed by atoms with Gasteiger partial charge in [-0.15, -0.1) is 0 Å². The zero-order valence-electron chi connectivity index (χ0n) is 12.5. The third-order valence-corrected chi connectivity index (χ3v) is 3.01. The van der Waals surface area contributed by atoms with Crippen molar-refractivity contribution >= 4 is 11.9 Å². The number of nitrogens with one attached hydrogen (secondary N) is 1. The third kappa shape index (κ3) is 4.01. The Hall–Kier alpha value is -1.98. The molecule has 1 heterocycles. The van der Waals surface area contributed by atoms with Gasteiger partial charge in [-0.1, -0.05) is 13.8 Å². The van der Waals surface area contributed by atoms with E-state index in [1.165, 1.54) is 0 Å². The van der Waals surface area contributed by atoms with Crippen molar-refractivity contribution in [2.45, 2.75) is 47.1 Å². The maximum Gasteiger partial charge on any atom is 0.326 e.